The van der Waals surface area contributed by atoms with E-state index >= 15 is 0 Å². The van der Waals surface area contributed by atoms with Crippen molar-refractivity contribution in [2.75, 3.05) is 33.4 Å². The van der Waals surface area contributed by atoms with Gasteiger partial charge in [-0.2, -0.15) is 0 Å². The van der Waals surface area contributed by atoms with E-state index < -0.39 is 0 Å². The monoisotopic (exact) mass is 334 g/mol. The number of ether oxygens (including phenoxy) is 1. The fraction of sp³-hybridized carbons (Fsp3) is 0.684. The lowest BCUT2D eigenvalue weighted by Crippen LogP contribution is -2.56. The molecule has 1 aromatic rings. The summed E-state index contributed by atoms with van der Waals surface area (Å²) in [6.07, 6.45) is 6.10. The number of nitrogens with zero attached hydrogens (tertiary/aromatic N) is 2. The molecule has 5 heteroatoms. The molecule has 0 aromatic heterocycles. The number of piperazine rings is 1. The Kier molecular flexibility index (Phi) is 5.98. The van der Waals surface area contributed by atoms with Crippen molar-refractivity contribution in [1.29, 1.82) is 0 Å². The first-order chi connectivity index (χ1) is 11.7. The molecule has 3 rings (SSSR count). The summed E-state index contributed by atoms with van der Waals surface area (Å²) in [5, 5.41) is 19.7. The van der Waals surface area contributed by atoms with Crippen molar-refractivity contribution in [3.05, 3.63) is 23.8 Å². The molecule has 1 atom stereocenters. The number of methoxy groups -OCH3 is 1. The molecule has 0 unspecified atom stereocenters. The van der Waals surface area contributed by atoms with Gasteiger partial charge in [0.05, 0.1) is 7.11 Å². The van der Waals surface area contributed by atoms with E-state index in [2.05, 4.69) is 9.80 Å². The fourth-order valence-electron chi connectivity index (χ4n) is 4.33. The van der Waals surface area contributed by atoms with Gasteiger partial charge >= 0.3 is 0 Å². The third-order valence-electron chi connectivity index (χ3n) is 5.58. The van der Waals surface area contributed by atoms with Gasteiger partial charge in [-0.1, -0.05) is 18.9 Å². The van der Waals surface area contributed by atoms with Crippen LogP contribution in [0.25, 0.3) is 0 Å². The van der Waals surface area contributed by atoms with Crippen LogP contribution in [-0.4, -0.2) is 65.4 Å². The van der Waals surface area contributed by atoms with E-state index in [0.29, 0.717) is 24.4 Å². The van der Waals surface area contributed by atoms with Crippen LogP contribution in [0.3, 0.4) is 0 Å². The maximum Gasteiger partial charge on any atom is 0.127 e. The molecule has 2 fully saturated rings. The highest BCUT2D eigenvalue weighted by Crippen LogP contribution is 2.31. The number of benzene rings is 1. The first kappa shape index (κ1) is 17.5. The van der Waals surface area contributed by atoms with E-state index in [1.54, 1.807) is 13.2 Å². The van der Waals surface area contributed by atoms with Crippen molar-refractivity contribution in [2.24, 2.45) is 0 Å². The van der Waals surface area contributed by atoms with Crippen molar-refractivity contribution in [3.63, 3.8) is 0 Å². The quantitative estimate of drug-likeness (QED) is 0.835. The number of hydrogen-bond donors (Lipinski definition) is 2. The molecule has 2 N–H and O–H groups in total. The van der Waals surface area contributed by atoms with Crippen LogP contribution in [0.5, 0.6) is 11.5 Å². The van der Waals surface area contributed by atoms with Crippen LogP contribution in [0.1, 0.15) is 37.7 Å². The SMILES string of the molecule is COc1cccc(O)c1CN1CCN(C2CCCC2)[C@H](CCO)C1. The van der Waals surface area contributed by atoms with Crippen molar-refractivity contribution in [2.45, 2.75) is 50.7 Å². The van der Waals surface area contributed by atoms with Gasteiger partial charge < -0.3 is 14.9 Å². The maximum absolute atomic E-state index is 10.2. The van der Waals surface area contributed by atoms with Gasteiger partial charge in [-0.25, -0.2) is 0 Å². The van der Waals surface area contributed by atoms with Crippen LogP contribution in [0.4, 0.5) is 0 Å². The van der Waals surface area contributed by atoms with E-state index in [-0.39, 0.29) is 6.61 Å². The second kappa shape index (κ2) is 8.19. The number of aromatic hydroxyl groups is 1. The third-order valence-corrected chi connectivity index (χ3v) is 5.58. The summed E-state index contributed by atoms with van der Waals surface area (Å²) < 4.78 is 5.41. The van der Waals surface area contributed by atoms with E-state index in [0.717, 1.165) is 37.4 Å². The topological polar surface area (TPSA) is 56.2 Å². The van der Waals surface area contributed by atoms with E-state index in [1.807, 2.05) is 12.1 Å². The predicted octanol–water partition coefficient (Wildman–Crippen LogP) is 2.21. The molecule has 5 nitrogen and oxygen atoms in total. The zero-order valence-electron chi connectivity index (χ0n) is 14.7. The van der Waals surface area contributed by atoms with Crippen LogP contribution >= 0.6 is 0 Å². The number of phenols is 1. The van der Waals surface area contributed by atoms with Crippen LogP contribution in [-0.2, 0) is 6.54 Å². The van der Waals surface area contributed by atoms with Gasteiger partial charge in [0, 0.05) is 50.4 Å². The zero-order valence-corrected chi connectivity index (χ0v) is 14.7. The molecule has 134 valence electrons. The van der Waals surface area contributed by atoms with Crippen LogP contribution in [0.15, 0.2) is 18.2 Å². The molecule has 2 aliphatic rings. The summed E-state index contributed by atoms with van der Waals surface area (Å²) in [7, 11) is 1.64. The molecule has 0 radical (unpaired) electrons. The predicted molar refractivity (Wildman–Crippen MR) is 94.4 cm³/mol. The summed E-state index contributed by atoms with van der Waals surface area (Å²) in [6, 6.07) is 6.53. The van der Waals surface area contributed by atoms with Crippen LogP contribution < -0.4 is 4.74 Å². The minimum Gasteiger partial charge on any atom is -0.507 e. The van der Waals surface area contributed by atoms with Gasteiger partial charge in [-0.15, -0.1) is 0 Å². The third kappa shape index (κ3) is 3.85. The van der Waals surface area contributed by atoms with Crippen molar-refractivity contribution >= 4 is 0 Å². The molecule has 1 saturated heterocycles. The first-order valence-corrected chi connectivity index (χ1v) is 9.16. The smallest absolute Gasteiger partial charge is 0.127 e. The molecule has 0 spiro atoms. The van der Waals surface area contributed by atoms with Gasteiger partial charge in [-0.3, -0.25) is 9.80 Å². The normalized spacial score (nSPS) is 23.7. The molecule has 0 amide bonds. The number of aliphatic hydroxyl groups excluding tert-OH is 1. The molecule has 1 aliphatic heterocycles. The summed E-state index contributed by atoms with van der Waals surface area (Å²) >= 11 is 0. The van der Waals surface area contributed by atoms with E-state index in [9.17, 15) is 10.2 Å². The molecular formula is C19H30N2O3. The van der Waals surface area contributed by atoms with E-state index in [1.165, 1.54) is 25.7 Å². The number of aliphatic hydroxyl groups is 1. The average molecular weight is 334 g/mol. The average Bonchev–Trinajstić information content (AvgIpc) is 3.11. The van der Waals surface area contributed by atoms with Gasteiger partial charge in [0.1, 0.15) is 11.5 Å². The Morgan fingerprint density at radius 3 is 2.71 bits per heavy atom. The summed E-state index contributed by atoms with van der Waals surface area (Å²) in [5.41, 5.74) is 0.858. The Balaban J connectivity index is 1.68. The first-order valence-electron chi connectivity index (χ1n) is 9.16. The molecule has 24 heavy (non-hydrogen) atoms. The maximum atomic E-state index is 10.2. The van der Waals surface area contributed by atoms with Gasteiger partial charge in [0.25, 0.3) is 0 Å². The second-order valence-corrected chi connectivity index (χ2v) is 7.04. The molecule has 1 aliphatic carbocycles. The Hall–Kier alpha value is -1.30. The highest BCUT2D eigenvalue weighted by molar-refractivity contribution is 5.43. The van der Waals surface area contributed by atoms with Crippen molar-refractivity contribution in [3.8, 4) is 11.5 Å². The van der Waals surface area contributed by atoms with Gasteiger partial charge in [-0.05, 0) is 31.4 Å². The largest absolute Gasteiger partial charge is 0.507 e. The van der Waals surface area contributed by atoms with E-state index in [4.69, 9.17) is 4.74 Å². The summed E-state index contributed by atoms with van der Waals surface area (Å²) in [4.78, 5) is 5.01. The van der Waals surface area contributed by atoms with Gasteiger partial charge in [0.15, 0.2) is 0 Å². The van der Waals surface area contributed by atoms with Crippen LogP contribution in [0, 0.1) is 0 Å². The number of hydrogen-bond acceptors (Lipinski definition) is 5. The number of phenolic OH excluding ortho intramolecular Hbond substituents is 1. The highest BCUT2D eigenvalue weighted by atomic mass is 16.5. The second-order valence-electron chi connectivity index (χ2n) is 7.04. The van der Waals surface area contributed by atoms with Crippen molar-refractivity contribution < 1.29 is 14.9 Å². The minimum absolute atomic E-state index is 0.238. The standard InChI is InChI=1S/C19H30N2O3/c1-24-19-8-4-7-18(23)17(19)14-20-10-11-21(15-5-2-3-6-15)16(13-20)9-12-22/h4,7-8,15-16,22-23H,2-3,5-6,9-14H2,1H3/t16-/m1/s1. The lowest BCUT2D eigenvalue weighted by atomic mass is 10.0. The van der Waals surface area contributed by atoms with Crippen LogP contribution in [0.2, 0.25) is 0 Å². The number of rotatable bonds is 6. The van der Waals surface area contributed by atoms with Gasteiger partial charge in [0.2, 0.25) is 0 Å². The van der Waals surface area contributed by atoms with Crippen molar-refractivity contribution in [1.82, 2.24) is 9.80 Å². The summed E-state index contributed by atoms with van der Waals surface area (Å²) in [6.45, 7) is 3.91. The highest BCUT2D eigenvalue weighted by Gasteiger charge is 2.33. The molecule has 1 aromatic carbocycles. The Morgan fingerprint density at radius 2 is 2.00 bits per heavy atom. The molecule has 1 heterocycles. The molecule has 1 saturated carbocycles. The zero-order chi connectivity index (χ0) is 16.9. The minimum atomic E-state index is 0.238. The Bertz CT molecular complexity index is 531. The molecule has 0 bridgehead atoms. The Morgan fingerprint density at radius 1 is 1.21 bits per heavy atom. The lowest BCUT2D eigenvalue weighted by molar-refractivity contribution is 0.0262. The Labute approximate surface area is 144 Å². The lowest BCUT2D eigenvalue weighted by Gasteiger charge is -2.44. The molecular weight excluding hydrogens is 304 g/mol. The fourth-order valence-corrected chi connectivity index (χ4v) is 4.33. The summed E-state index contributed by atoms with van der Waals surface area (Å²) in [5.74, 6) is 1.04.